The minimum absolute atomic E-state index is 0.0431. The molecule has 176 valence electrons. The number of fused-ring (bicyclic) bond motifs is 1. The van der Waals surface area contributed by atoms with E-state index >= 15 is 0 Å². The normalized spacial score (nSPS) is 18.8. The number of halogens is 2. The zero-order valence-corrected chi connectivity index (χ0v) is 19.2. The van der Waals surface area contributed by atoms with Gasteiger partial charge in [-0.15, -0.1) is 0 Å². The predicted molar refractivity (Wildman–Crippen MR) is 117 cm³/mol. The molecule has 1 saturated heterocycles. The monoisotopic (exact) mass is 497 g/mol. The van der Waals surface area contributed by atoms with Crippen LogP contribution in [0.15, 0.2) is 41.3 Å². The lowest BCUT2D eigenvalue weighted by atomic mass is 10.2. The number of rotatable bonds is 5. The van der Waals surface area contributed by atoms with Crippen LogP contribution in [0.4, 0.5) is 10.1 Å². The third-order valence-corrected chi connectivity index (χ3v) is 7.71. The number of carbonyl (C=O) groups is 2. The quantitative estimate of drug-likeness (QED) is 0.678. The molecule has 0 saturated carbocycles. The lowest BCUT2D eigenvalue weighted by Gasteiger charge is -2.34. The standard InChI is InChI=1S/C21H21ClFN3O6S/c1-13-21(28)24-17-10-16(22)19(11-18(17)32-13)33(29,30)26-8-6-25(7-9-26)20(27)12-31-15-4-2-14(23)3-5-15/h2-5,10-11,13H,6-9,12H2,1H3,(H,24,28). The maximum absolute atomic E-state index is 13.2. The van der Waals surface area contributed by atoms with Crippen LogP contribution in [-0.2, 0) is 19.6 Å². The molecule has 2 aromatic rings. The highest BCUT2D eigenvalue weighted by Gasteiger charge is 2.34. The van der Waals surface area contributed by atoms with E-state index < -0.39 is 21.9 Å². The molecule has 0 bridgehead atoms. The van der Waals surface area contributed by atoms with E-state index in [4.69, 9.17) is 21.1 Å². The molecule has 1 atom stereocenters. The molecule has 9 nitrogen and oxygen atoms in total. The Bertz CT molecular complexity index is 1180. The summed E-state index contributed by atoms with van der Waals surface area (Å²) in [5.41, 5.74) is 0.304. The van der Waals surface area contributed by atoms with Crippen LogP contribution in [0.25, 0.3) is 0 Å². The Morgan fingerprint density at radius 3 is 2.55 bits per heavy atom. The number of nitrogens with zero attached hydrogens (tertiary/aromatic N) is 2. The maximum atomic E-state index is 13.2. The first-order valence-electron chi connectivity index (χ1n) is 10.1. The highest BCUT2D eigenvalue weighted by molar-refractivity contribution is 7.89. The van der Waals surface area contributed by atoms with Crippen LogP contribution in [0.3, 0.4) is 0 Å². The predicted octanol–water partition coefficient (Wildman–Crippen LogP) is 2.11. The van der Waals surface area contributed by atoms with E-state index in [1.165, 1.54) is 45.6 Å². The second-order valence-corrected chi connectivity index (χ2v) is 9.87. The van der Waals surface area contributed by atoms with E-state index in [0.717, 1.165) is 0 Å². The molecule has 4 rings (SSSR count). The Kier molecular flexibility index (Phi) is 6.46. The average molecular weight is 498 g/mol. The molecular weight excluding hydrogens is 477 g/mol. The van der Waals surface area contributed by atoms with E-state index in [-0.39, 0.29) is 60.3 Å². The molecule has 33 heavy (non-hydrogen) atoms. The van der Waals surface area contributed by atoms with Gasteiger partial charge in [0, 0.05) is 32.2 Å². The van der Waals surface area contributed by atoms with Gasteiger partial charge >= 0.3 is 0 Å². The van der Waals surface area contributed by atoms with Gasteiger partial charge in [-0.2, -0.15) is 4.31 Å². The third-order valence-electron chi connectivity index (χ3n) is 5.35. The molecule has 0 spiro atoms. The maximum Gasteiger partial charge on any atom is 0.265 e. The van der Waals surface area contributed by atoms with E-state index in [1.54, 1.807) is 6.92 Å². The summed E-state index contributed by atoms with van der Waals surface area (Å²) in [6, 6.07) is 7.96. The van der Waals surface area contributed by atoms with Gasteiger partial charge in [-0.25, -0.2) is 12.8 Å². The van der Waals surface area contributed by atoms with Gasteiger partial charge in [-0.3, -0.25) is 9.59 Å². The summed E-state index contributed by atoms with van der Waals surface area (Å²) in [7, 11) is -3.96. The molecule has 0 radical (unpaired) electrons. The number of piperazine rings is 1. The lowest BCUT2D eigenvalue weighted by Crippen LogP contribution is -2.51. The molecular formula is C21H21ClFN3O6S. The van der Waals surface area contributed by atoms with Gasteiger partial charge < -0.3 is 19.7 Å². The summed E-state index contributed by atoms with van der Waals surface area (Å²) >= 11 is 6.22. The van der Waals surface area contributed by atoms with Gasteiger partial charge in [0.2, 0.25) is 10.0 Å². The summed E-state index contributed by atoms with van der Waals surface area (Å²) in [5, 5.41) is 2.58. The van der Waals surface area contributed by atoms with Crippen LogP contribution < -0.4 is 14.8 Å². The smallest absolute Gasteiger partial charge is 0.265 e. The van der Waals surface area contributed by atoms with Crippen molar-refractivity contribution in [3.8, 4) is 11.5 Å². The van der Waals surface area contributed by atoms with Crippen LogP contribution in [0, 0.1) is 5.82 Å². The second kappa shape index (κ2) is 9.16. The van der Waals surface area contributed by atoms with Crippen molar-refractivity contribution < 1.29 is 31.9 Å². The molecule has 2 aromatic carbocycles. The molecule has 2 heterocycles. The highest BCUT2D eigenvalue weighted by atomic mass is 35.5. The number of ether oxygens (including phenoxy) is 2. The topological polar surface area (TPSA) is 105 Å². The van der Waals surface area contributed by atoms with E-state index in [1.807, 2.05) is 0 Å². The van der Waals surface area contributed by atoms with Gasteiger partial charge in [0.25, 0.3) is 11.8 Å². The van der Waals surface area contributed by atoms with Crippen molar-refractivity contribution in [2.75, 3.05) is 38.1 Å². The molecule has 1 N–H and O–H groups in total. The van der Waals surface area contributed by atoms with Crippen LogP contribution in [0.5, 0.6) is 11.5 Å². The number of nitrogens with one attached hydrogen (secondary N) is 1. The van der Waals surface area contributed by atoms with Crippen molar-refractivity contribution in [1.82, 2.24) is 9.21 Å². The van der Waals surface area contributed by atoms with Crippen LogP contribution in [0.1, 0.15) is 6.92 Å². The first kappa shape index (κ1) is 23.3. The number of carbonyl (C=O) groups excluding carboxylic acids is 2. The number of hydrogen-bond donors (Lipinski definition) is 1. The summed E-state index contributed by atoms with van der Waals surface area (Å²) in [6.45, 7) is 1.82. The fourth-order valence-electron chi connectivity index (χ4n) is 3.49. The molecule has 12 heteroatoms. The van der Waals surface area contributed by atoms with Gasteiger partial charge in [0.05, 0.1) is 10.7 Å². The van der Waals surface area contributed by atoms with E-state index in [2.05, 4.69) is 5.32 Å². The molecule has 0 aromatic heterocycles. The van der Waals surface area contributed by atoms with Gasteiger partial charge in [-0.1, -0.05) is 11.6 Å². The molecule has 1 unspecified atom stereocenters. The summed E-state index contributed by atoms with van der Waals surface area (Å²) < 4.78 is 51.5. The molecule has 1 fully saturated rings. The number of amides is 2. The van der Waals surface area contributed by atoms with E-state index in [9.17, 15) is 22.4 Å². The minimum Gasteiger partial charge on any atom is -0.484 e. The SMILES string of the molecule is CC1Oc2cc(S(=O)(=O)N3CCN(C(=O)COc4ccc(F)cc4)CC3)c(Cl)cc2NC1=O. The van der Waals surface area contributed by atoms with Crippen molar-refractivity contribution in [2.45, 2.75) is 17.9 Å². The molecule has 0 aliphatic carbocycles. The summed E-state index contributed by atoms with van der Waals surface area (Å²) in [5.74, 6) is -0.479. The van der Waals surface area contributed by atoms with Gasteiger partial charge in [0.1, 0.15) is 22.2 Å². The zero-order chi connectivity index (χ0) is 23.8. The van der Waals surface area contributed by atoms with Crippen molar-refractivity contribution in [3.63, 3.8) is 0 Å². The zero-order valence-electron chi connectivity index (χ0n) is 17.6. The van der Waals surface area contributed by atoms with Crippen LogP contribution >= 0.6 is 11.6 Å². The molecule has 2 amide bonds. The van der Waals surface area contributed by atoms with E-state index in [0.29, 0.717) is 11.4 Å². The Labute approximate surface area is 195 Å². The van der Waals surface area contributed by atoms with Crippen molar-refractivity contribution in [3.05, 3.63) is 47.2 Å². The summed E-state index contributed by atoms with van der Waals surface area (Å²) in [4.78, 5) is 25.6. The number of sulfonamides is 1. The Hall–Kier alpha value is -2.89. The lowest BCUT2D eigenvalue weighted by molar-refractivity contribution is -0.134. The van der Waals surface area contributed by atoms with Crippen molar-refractivity contribution >= 4 is 39.1 Å². The summed E-state index contributed by atoms with van der Waals surface area (Å²) in [6.07, 6.45) is -0.763. The first-order valence-corrected chi connectivity index (χ1v) is 11.9. The van der Waals surface area contributed by atoms with Crippen LogP contribution in [0.2, 0.25) is 5.02 Å². The Balaban J connectivity index is 1.40. The number of benzene rings is 2. The van der Waals surface area contributed by atoms with Gasteiger partial charge in [0.15, 0.2) is 12.7 Å². The third kappa shape index (κ3) is 4.90. The second-order valence-electron chi connectivity index (χ2n) is 7.56. The van der Waals surface area contributed by atoms with Crippen molar-refractivity contribution in [1.29, 1.82) is 0 Å². The highest BCUT2D eigenvalue weighted by Crippen LogP contribution is 2.38. The number of anilines is 1. The number of hydrogen-bond acceptors (Lipinski definition) is 6. The minimum atomic E-state index is -3.96. The largest absolute Gasteiger partial charge is 0.484 e. The average Bonchev–Trinajstić information content (AvgIpc) is 2.79. The first-order chi connectivity index (χ1) is 15.6. The van der Waals surface area contributed by atoms with Gasteiger partial charge in [-0.05, 0) is 37.3 Å². The Morgan fingerprint density at radius 2 is 1.88 bits per heavy atom. The Morgan fingerprint density at radius 1 is 1.21 bits per heavy atom. The fraction of sp³-hybridized carbons (Fsp3) is 0.333. The molecule has 2 aliphatic heterocycles. The molecule has 2 aliphatic rings. The fourth-order valence-corrected chi connectivity index (χ4v) is 5.43. The van der Waals surface area contributed by atoms with Crippen molar-refractivity contribution in [2.24, 2.45) is 0 Å². The van der Waals surface area contributed by atoms with Crippen LogP contribution in [-0.4, -0.2) is 68.3 Å².